The molecule has 0 saturated carbocycles. The summed E-state index contributed by atoms with van der Waals surface area (Å²) < 4.78 is 12.6. The number of piperazine rings is 1. The summed E-state index contributed by atoms with van der Waals surface area (Å²) >= 11 is 0. The molecule has 1 fully saturated rings. The van der Waals surface area contributed by atoms with Crippen LogP contribution < -0.4 is 14.8 Å². The number of benzene rings is 1. The molecule has 2 aromatic rings. The third kappa shape index (κ3) is 4.91. The molecule has 1 aliphatic heterocycles. The van der Waals surface area contributed by atoms with Crippen LogP contribution in [0.15, 0.2) is 30.6 Å². The van der Waals surface area contributed by atoms with E-state index in [1.165, 1.54) is 0 Å². The lowest BCUT2D eigenvalue weighted by Crippen LogP contribution is -2.50. The molecule has 1 saturated heterocycles. The van der Waals surface area contributed by atoms with Crippen molar-refractivity contribution in [2.75, 3.05) is 52.3 Å². The van der Waals surface area contributed by atoms with E-state index >= 15 is 0 Å². The minimum Gasteiger partial charge on any atom is -0.497 e. The molecule has 1 N–H and O–H groups in total. The number of imidazole rings is 1. The number of carbonyl (C=O) groups is 1. The maximum atomic E-state index is 12.6. The number of nitrogens with zero attached hydrogens (tertiary/aromatic N) is 4. The smallest absolute Gasteiger partial charge is 0.321 e. The number of methoxy groups -OCH3 is 2. The van der Waals surface area contributed by atoms with Crippen molar-refractivity contribution in [1.82, 2.24) is 19.4 Å². The molecule has 27 heavy (non-hydrogen) atoms. The molecule has 1 aromatic heterocycles. The van der Waals surface area contributed by atoms with Crippen LogP contribution in [-0.4, -0.2) is 72.3 Å². The van der Waals surface area contributed by atoms with E-state index in [4.69, 9.17) is 9.47 Å². The first-order valence-electron chi connectivity index (χ1n) is 9.08. The van der Waals surface area contributed by atoms with E-state index in [9.17, 15) is 4.79 Å². The molecule has 0 radical (unpaired) electrons. The van der Waals surface area contributed by atoms with Crippen LogP contribution >= 0.6 is 0 Å². The molecular formula is C19H27N5O3. The lowest BCUT2D eigenvalue weighted by Gasteiger charge is -2.34. The summed E-state index contributed by atoms with van der Waals surface area (Å²) in [7, 11) is 3.18. The van der Waals surface area contributed by atoms with Gasteiger partial charge in [0.2, 0.25) is 0 Å². The lowest BCUT2D eigenvalue weighted by atomic mass is 10.2. The van der Waals surface area contributed by atoms with Gasteiger partial charge in [-0.1, -0.05) is 0 Å². The molecule has 0 unspecified atom stereocenters. The highest BCUT2D eigenvalue weighted by molar-refractivity contribution is 5.90. The van der Waals surface area contributed by atoms with Crippen LogP contribution in [0.3, 0.4) is 0 Å². The molecule has 1 aromatic carbocycles. The number of ether oxygens (including phenoxy) is 2. The van der Waals surface area contributed by atoms with Crippen molar-refractivity contribution in [3.8, 4) is 11.5 Å². The van der Waals surface area contributed by atoms with Crippen molar-refractivity contribution in [2.24, 2.45) is 0 Å². The SMILES string of the molecule is COc1cc(NC(=O)N2CCN(CCn3ccnc3C)CC2)cc(OC)c1. The first-order chi connectivity index (χ1) is 13.1. The Kier molecular flexibility index (Phi) is 6.18. The zero-order chi connectivity index (χ0) is 19.2. The lowest BCUT2D eigenvalue weighted by molar-refractivity contribution is 0.144. The third-order valence-electron chi connectivity index (χ3n) is 4.84. The standard InChI is InChI=1S/C19H27N5O3/c1-15-20-4-5-23(15)9-6-22-7-10-24(11-8-22)19(25)21-16-12-17(26-2)14-18(13-16)27-3/h4-5,12-14H,6-11H2,1-3H3,(H,21,25). The van der Waals surface area contributed by atoms with E-state index in [0.717, 1.165) is 32.0 Å². The Hall–Kier alpha value is -2.74. The molecule has 0 spiro atoms. The van der Waals surface area contributed by atoms with Gasteiger partial charge in [-0.3, -0.25) is 4.90 Å². The van der Waals surface area contributed by atoms with Crippen molar-refractivity contribution in [3.05, 3.63) is 36.4 Å². The first-order valence-corrected chi connectivity index (χ1v) is 9.08. The molecular weight excluding hydrogens is 346 g/mol. The Morgan fingerprint density at radius 2 is 1.74 bits per heavy atom. The van der Waals surface area contributed by atoms with Crippen molar-refractivity contribution in [3.63, 3.8) is 0 Å². The monoisotopic (exact) mass is 373 g/mol. The van der Waals surface area contributed by atoms with E-state index in [2.05, 4.69) is 19.8 Å². The number of nitrogens with one attached hydrogen (secondary N) is 1. The second kappa shape index (κ2) is 8.77. The summed E-state index contributed by atoms with van der Waals surface area (Å²) in [4.78, 5) is 21.0. The normalized spacial score (nSPS) is 14.9. The van der Waals surface area contributed by atoms with Gasteiger partial charge in [-0.25, -0.2) is 9.78 Å². The molecule has 8 nitrogen and oxygen atoms in total. The van der Waals surface area contributed by atoms with E-state index < -0.39 is 0 Å². The molecule has 0 aliphatic carbocycles. The second-order valence-electron chi connectivity index (χ2n) is 6.53. The quantitative estimate of drug-likeness (QED) is 0.839. The Bertz CT molecular complexity index is 746. The van der Waals surface area contributed by atoms with Gasteiger partial charge in [-0.05, 0) is 6.92 Å². The van der Waals surface area contributed by atoms with E-state index in [1.54, 1.807) is 32.4 Å². The van der Waals surface area contributed by atoms with Crippen molar-refractivity contribution >= 4 is 11.7 Å². The number of urea groups is 1. The van der Waals surface area contributed by atoms with Crippen molar-refractivity contribution < 1.29 is 14.3 Å². The van der Waals surface area contributed by atoms with Crippen LogP contribution in [0.1, 0.15) is 5.82 Å². The molecule has 1 aliphatic rings. The Morgan fingerprint density at radius 1 is 1.07 bits per heavy atom. The van der Waals surface area contributed by atoms with E-state index in [-0.39, 0.29) is 6.03 Å². The number of amides is 2. The highest BCUT2D eigenvalue weighted by atomic mass is 16.5. The van der Waals surface area contributed by atoms with Crippen LogP contribution in [0, 0.1) is 6.92 Å². The number of rotatable bonds is 6. The van der Waals surface area contributed by atoms with Crippen LogP contribution in [-0.2, 0) is 6.54 Å². The fraction of sp³-hybridized carbons (Fsp3) is 0.474. The summed E-state index contributed by atoms with van der Waals surface area (Å²) in [5.41, 5.74) is 0.661. The Balaban J connectivity index is 1.49. The van der Waals surface area contributed by atoms with Gasteiger partial charge >= 0.3 is 6.03 Å². The van der Waals surface area contributed by atoms with Crippen molar-refractivity contribution in [2.45, 2.75) is 13.5 Å². The predicted molar refractivity (Wildman–Crippen MR) is 104 cm³/mol. The third-order valence-corrected chi connectivity index (χ3v) is 4.84. The summed E-state index contributed by atoms with van der Waals surface area (Å²) in [6.45, 7) is 7.02. The summed E-state index contributed by atoms with van der Waals surface area (Å²) in [6, 6.07) is 5.24. The van der Waals surface area contributed by atoms with Crippen molar-refractivity contribution in [1.29, 1.82) is 0 Å². The fourth-order valence-electron chi connectivity index (χ4n) is 3.15. The number of aryl methyl sites for hydroxylation is 1. The predicted octanol–water partition coefficient (Wildman–Crippen LogP) is 2.06. The molecule has 2 amide bonds. The van der Waals surface area contributed by atoms with Gasteiger partial charge in [0, 0.05) is 75.5 Å². The molecule has 146 valence electrons. The highest BCUT2D eigenvalue weighted by Crippen LogP contribution is 2.26. The molecule has 0 bridgehead atoms. The topological polar surface area (TPSA) is 71.9 Å². The summed E-state index contributed by atoms with van der Waals surface area (Å²) in [5.74, 6) is 2.32. The molecule has 0 atom stereocenters. The minimum atomic E-state index is -0.101. The molecule has 3 rings (SSSR count). The van der Waals surface area contributed by atoms with Gasteiger partial charge in [0.1, 0.15) is 17.3 Å². The number of hydrogen-bond acceptors (Lipinski definition) is 5. The molecule has 8 heteroatoms. The number of aromatic nitrogens is 2. The van der Waals surface area contributed by atoms with Gasteiger partial charge in [-0.15, -0.1) is 0 Å². The largest absolute Gasteiger partial charge is 0.497 e. The van der Waals surface area contributed by atoms with Crippen LogP contribution in [0.4, 0.5) is 10.5 Å². The average Bonchev–Trinajstić information content (AvgIpc) is 3.11. The zero-order valence-corrected chi connectivity index (χ0v) is 16.1. The Labute approximate surface area is 159 Å². The second-order valence-corrected chi connectivity index (χ2v) is 6.53. The summed E-state index contributed by atoms with van der Waals surface area (Å²) in [5, 5.41) is 2.93. The number of hydrogen-bond donors (Lipinski definition) is 1. The zero-order valence-electron chi connectivity index (χ0n) is 16.1. The van der Waals surface area contributed by atoms with E-state index in [0.29, 0.717) is 30.3 Å². The van der Waals surface area contributed by atoms with Gasteiger partial charge in [0.15, 0.2) is 0 Å². The number of carbonyl (C=O) groups excluding carboxylic acids is 1. The first kappa shape index (κ1) is 19.0. The molecule has 2 heterocycles. The highest BCUT2D eigenvalue weighted by Gasteiger charge is 2.21. The Morgan fingerprint density at radius 3 is 2.30 bits per heavy atom. The van der Waals surface area contributed by atoms with Crippen LogP contribution in [0.2, 0.25) is 0 Å². The minimum absolute atomic E-state index is 0.101. The fourth-order valence-corrected chi connectivity index (χ4v) is 3.15. The van der Waals surface area contributed by atoms with Crippen LogP contribution in [0.25, 0.3) is 0 Å². The van der Waals surface area contributed by atoms with E-state index in [1.807, 2.05) is 24.2 Å². The number of anilines is 1. The van der Waals surface area contributed by atoms with Crippen LogP contribution in [0.5, 0.6) is 11.5 Å². The summed E-state index contributed by atoms with van der Waals surface area (Å²) in [6.07, 6.45) is 3.83. The van der Waals surface area contributed by atoms with Gasteiger partial charge in [-0.2, -0.15) is 0 Å². The van der Waals surface area contributed by atoms with Gasteiger partial charge in [0.25, 0.3) is 0 Å². The average molecular weight is 373 g/mol. The van der Waals surface area contributed by atoms with Gasteiger partial charge in [0.05, 0.1) is 14.2 Å². The van der Waals surface area contributed by atoms with Gasteiger partial charge < -0.3 is 24.3 Å². The maximum Gasteiger partial charge on any atom is 0.321 e. The maximum absolute atomic E-state index is 12.6.